The lowest BCUT2D eigenvalue weighted by Gasteiger charge is -2.51. The standard InChI is InChI=1S/C57H96N8O11/c1-17-46-57(13,71)49(67)38(6)63(15)31-34(2)29-55(11,70)51(36(4)47(37(5)52(69)75-46)44-30-56(12,72-16)50(68)39(7)74-44)76-53-48(66)43(28-35(3)73-53)62(14)27-25-41-32-64(60-58-41)26-19-18-20-40-21-23-42(24-22-40)65-33-45(59-61-65)54(8,9)10/h21-24,32-39,43-44,46-51,53,66-68,70-71H,17-20,25-31H2,1-16H3/t34-,35-,36+,37-,38-,39+,43+,44-,46-,47?,48-,49-,50+,51-,53+,55-,56-,57-/m1/s1. The van der Waals surface area contributed by atoms with Gasteiger partial charge in [-0.3, -0.25) is 9.48 Å². The maximum absolute atomic E-state index is 14.6. The number of rotatable bonds is 15. The number of carbonyl (C=O) groups excluding carboxylic acids is 1. The Hall–Kier alpha value is -3.47. The van der Waals surface area contributed by atoms with Gasteiger partial charge in [0.15, 0.2) is 6.29 Å². The van der Waals surface area contributed by atoms with E-state index in [4.69, 9.17) is 23.7 Å². The summed E-state index contributed by atoms with van der Waals surface area (Å²) >= 11 is 0. The zero-order chi connectivity index (χ0) is 56.2. The molecule has 19 heteroatoms. The molecule has 430 valence electrons. The van der Waals surface area contributed by atoms with Crippen LogP contribution in [0.2, 0.25) is 0 Å². The number of hydrogen-bond acceptors (Lipinski definition) is 17. The van der Waals surface area contributed by atoms with Gasteiger partial charge in [-0.05, 0) is 124 Å². The second-order valence-corrected chi connectivity index (χ2v) is 24.9. The van der Waals surface area contributed by atoms with Crippen LogP contribution in [-0.2, 0) is 53.3 Å². The predicted octanol–water partition coefficient (Wildman–Crippen LogP) is 5.28. The number of likely N-dealkylation sites (N-methyl/N-ethyl adjacent to an activating group) is 2. The third-order valence-corrected chi connectivity index (χ3v) is 17.3. The minimum atomic E-state index is -1.81. The Morgan fingerprint density at radius 2 is 1.58 bits per heavy atom. The minimum absolute atomic E-state index is 0.0649. The first-order valence-corrected chi connectivity index (χ1v) is 28.0. The van der Waals surface area contributed by atoms with Crippen molar-refractivity contribution in [3.8, 4) is 5.69 Å². The Balaban J connectivity index is 1.17. The average Bonchev–Trinajstić information content (AvgIpc) is 4.06. The number of unbranched alkanes of at least 4 members (excludes halogenated alkanes) is 1. The molecular weight excluding hydrogens is 973 g/mol. The van der Waals surface area contributed by atoms with Gasteiger partial charge in [-0.2, -0.15) is 0 Å². The maximum Gasteiger partial charge on any atom is 0.309 e. The molecule has 0 bridgehead atoms. The second kappa shape index (κ2) is 25.3. The van der Waals surface area contributed by atoms with Gasteiger partial charge in [0.05, 0.1) is 64.8 Å². The van der Waals surface area contributed by atoms with Crippen molar-refractivity contribution in [1.82, 2.24) is 39.8 Å². The Kier molecular flexibility index (Phi) is 20.6. The van der Waals surface area contributed by atoms with E-state index in [2.05, 4.69) is 70.6 Å². The number of methoxy groups -OCH3 is 1. The number of hydrogen-bond donors (Lipinski definition) is 5. The monoisotopic (exact) mass is 1070 g/mol. The van der Waals surface area contributed by atoms with Crippen LogP contribution in [0.1, 0.15) is 145 Å². The summed E-state index contributed by atoms with van der Waals surface area (Å²) in [6, 6.07) is 7.52. The van der Waals surface area contributed by atoms with E-state index in [1.807, 2.05) is 75.4 Å². The van der Waals surface area contributed by atoms with Crippen molar-refractivity contribution in [2.75, 3.05) is 34.3 Å². The lowest BCUT2D eigenvalue weighted by atomic mass is 9.68. The summed E-state index contributed by atoms with van der Waals surface area (Å²) in [4.78, 5) is 18.7. The van der Waals surface area contributed by atoms with Gasteiger partial charge in [-0.1, -0.05) is 71.0 Å². The zero-order valence-electron chi connectivity index (χ0n) is 48.7. The average molecular weight is 1070 g/mol. The van der Waals surface area contributed by atoms with Crippen LogP contribution in [0.3, 0.4) is 0 Å². The van der Waals surface area contributed by atoms with Gasteiger partial charge >= 0.3 is 5.97 Å². The number of aliphatic hydroxyl groups is 5. The molecule has 3 fully saturated rings. The lowest BCUT2D eigenvalue weighted by molar-refractivity contribution is -0.302. The topological polar surface area (TPSA) is 232 Å². The third-order valence-electron chi connectivity index (χ3n) is 17.3. The molecule has 1 unspecified atom stereocenters. The van der Waals surface area contributed by atoms with Crippen molar-refractivity contribution in [1.29, 1.82) is 0 Å². The molecule has 0 radical (unpaired) electrons. The van der Waals surface area contributed by atoms with Crippen LogP contribution in [0, 0.1) is 23.7 Å². The molecule has 0 amide bonds. The molecule has 6 rings (SSSR count). The van der Waals surface area contributed by atoms with E-state index in [-0.39, 0.29) is 42.7 Å². The van der Waals surface area contributed by atoms with E-state index in [0.29, 0.717) is 25.9 Å². The molecule has 1 aromatic carbocycles. The summed E-state index contributed by atoms with van der Waals surface area (Å²) in [5.74, 6) is -3.09. The first kappa shape index (κ1) is 61.7. The smallest absolute Gasteiger partial charge is 0.309 e. The fourth-order valence-corrected chi connectivity index (χ4v) is 12.4. The first-order chi connectivity index (χ1) is 35.5. The summed E-state index contributed by atoms with van der Waals surface area (Å²) in [7, 11) is 5.37. The molecule has 5 N–H and O–H groups in total. The number of cyclic esters (lactones) is 1. The number of carbonyl (C=O) groups is 1. The van der Waals surface area contributed by atoms with E-state index in [1.165, 1.54) is 12.5 Å². The highest BCUT2D eigenvalue weighted by molar-refractivity contribution is 5.73. The van der Waals surface area contributed by atoms with Gasteiger partial charge in [0.2, 0.25) is 0 Å². The Morgan fingerprint density at radius 1 is 0.895 bits per heavy atom. The van der Waals surface area contributed by atoms with E-state index in [1.54, 1.807) is 34.8 Å². The van der Waals surface area contributed by atoms with E-state index in [9.17, 15) is 30.3 Å². The van der Waals surface area contributed by atoms with Crippen LogP contribution >= 0.6 is 0 Å². The van der Waals surface area contributed by atoms with E-state index in [0.717, 1.165) is 42.9 Å². The molecular formula is C57H96N8O11. The number of aliphatic hydroxyl groups excluding tert-OH is 3. The number of nitrogens with zero attached hydrogens (tertiary/aromatic N) is 8. The Morgan fingerprint density at radius 3 is 2.21 bits per heavy atom. The largest absolute Gasteiger partial charge is 0.459 e. The summed E-state index contributed by atoms with van der Waals surface area (Å²) in [6.45, 7) is 26.2. The minimum Gasteiger partial charge on any atom is -0.459 e. The fourth-order valence-electron chi connectivity index (χ4n) is 12.4. The van der Waals surface area contributed by atoms with Crippen molar-refractivity contribution in [2.45, 2.75) is 237 Å². The third kappa shape index (κ3) is 14.5. The van der Waals surface area contributed by atoms with E-state index >= 15 is 0 Å². The molecule has 0 saturated carbocycles. The van der Waals surface area contributed by atoms with Crippen LogP contribution < -0.4 is 0 Å². The zero-order valence-corrected chi connectivity index (χ0v) is 48.7. The maximum atomic E-state index is 14.6. The molecule has 18 atom stereocenters. The molecule has 3 aliphatic rings. The molecule has 2 aromatic heterocycles. The number of esters is 1. The second-order valence-electron chi connectivity index (χ2n) is 24.9. The summed E-state index contributed by atoms with van der Waals surface area (Å²) in [6.07, 6.45) is 0.250. The van der Waals surface area contributed by atoms with Crippen LogP contribution in [0.5, 0.6) is 0 Å². The molecule has 0 aliphatic carbocycles. The Labute approximate surface area is 452 Å². The van der Waals surface area contributed by atoms with Crippen LogP contribution in [-0.4, -0.2) is 190 Å². The molecule has 0 spiro atoms. The van der Waals surface area contributed by atoms with Gasteiger partial charge in [0.1, 0.15) is 30.0 Å². The summed E-state index contributed by atoms with van der Waals surface area (Å²) in [5, 5.41) is 77.8. The van der Waals surface area contributed by atoms with Crippen LogP contribution in [0.4, 0.5) is 0 Å². The molecule has 19 nitrogen and oxygen atoms in total. The highest BCUT2D eigenvalue weighted by Gasteiger charge is 2.55. The molecule has 3 saturated heterocycles. The molecule has 5 heterocycles. The van der Waals surface area contributed by atoms with Gasteiger partial charge < -0.3 is 59.0 Å². The van der Waals surface area contributed by atoms with Gasteiger partial charge in [-0.15, -0.1) is 10.2 Å². The van der Waals surface area contributed by atoms with Gasteiger partial charge in [0, 0.05) is 69.2 Å². The van der Waals surface area contributed by atoms with Crippen molar-refractivity contribution < 1.29 is 54.0 Å². The fraction of sp³-hybridized carbons (Fsp3) is 0.807. The highest BCUT2D eigenvalue weighted by Crippen LogP contribution is 2.45. The normalized spacial score (nSPS) is 37.9. The number of ether oxygens (including phenoxy) is 5. The van der Waals surface area contributed by atoms with Crippen molar-refractivity contribution in [2.24, 2.45) is 23.7 Å². The number of aryl methyl sites for hydroxylation is 2. The lowest BCUT2D eigenvalue weighted by Crippen LogP contribution is -2.62. The van der Waals surface area contributed by atoms with Gasteiger partial charge in [0.25, 0.3) is 0 Å². The predicted molar refractivity (Wildman–Crippen MR) is 288 cm³/mol. The molecule has 3 aliphatic heterocycles. The van der Waals surface area contributed by atoms with Gasteiger partial charge in [-0.25, -0.2) is 4.68 Å². The van der Waals surface area contributed by atoms with Crippen LogP contribution in [0.15, 0.2) is 36.7 Å². The summed E-state index contributed by atoms with van der Waals surface area (Å²) in [5.41, 5.74) is -0.463. The molecule has 3 aromatic rings. The van der Waals surface area contributed by atoms with Crippen molar-refractivity contribution >= 4 is 5.97 Å². The SMILES string of the molecule is CC[C@H]1OC(=O)[C@H](C)C([C@H]2C[C@@](C)(OC)[C@@H](O)[C@H](C)O2)[C@H](C)[C@@H](O[C@@H]2O[C@H](C)C[C@H](N(C)CCc3cn(CCCCc4ccc(-n5cc(C(C)(C)C)nn5)cc4)nn3)[C@H]2O)[C@](C)(O)C[C@@H](C)CN(C)[C@H](C)[C@@H](O)[C@]1(C)O. The Bertz CT molecular complexity index is 2290. The van der Waals surface area contributed by atoms with Crippen molar-refractivity contribution in [3.63, 3.8) is 0 Å². The van der Waals surface area contributed by atoms with Crippen LogP contribution in [0.25, 0.3) is 5.69 Å². The first-order valence-electron chi connectivity index (χ1n) is 28.0. The molecule has 76 heavy (non-hydrogen) atoms. The number of aromatic nitrogens is 6. The highest BCUT2D eigenvalue weighted by atomic mass is 16.7. The van der Waals surface area contributed by atoms with Crippen molar-refractivity contribution in [3.05, 3.63) is 53.6 Å². The summed E-state index contributed by atoms with van der Waals surface area (Å²) < 4.78 is 36.0. The van der Waals surface area contributed by atoms with E-state index < -0.39 is 95.6 Å². The quantitative estimate of drug-likeness (QED) is 0.0963. The number of benzene rings is 1.